The second kappa shape index (κ2) is 5.13. The largest absolute Gasteiger partial charge is 0.363 e. The molecule has 1 fully saturated rings. The number of nitrogens with one attached hydrogen (secondary N) is 2. The number of aryl methyl sites for hydroxylation is 1. The van der Waals surface area contributed by atoms with Crippen molar-refractivity contribution >= 4 is 11.5 Å². The Bertz CT molecular complexity index is 399. The molecule has 1 aliphatic rings. The van der Waals surface area contributed by atoms with E-state index >= 15 is 0 Å². The molecule has 0 bridgehead atoms. The van der Waals surface area contributed by atoms with Gasteiger partial charge in [0.05, 0.1) is 4.92 Å². The van der Waals surface area contributed by atoms with Gasteiger partial charge in [0.15, 0.2) is 0 Å². The van der Waals surface area contributed by atoms with E-state index in [1.165, 1.54) is 23.7 Å². The molecule has 0 unspecified atom stereocenters. The molecular formula is C10H17N5O2. The molecule has 0 saturated heterocycles. The van der Waals surface area contributed by atoms with E-state index in [9.17, 15) is 10.1 Å². The van der Waals surface area contributed by atoms with Crippen LogP contribution in [-0.4, -0.2) is 33.8 Å². The predicted molar refractivity (Wildman–Crippen MR) is 64.0 cm³/mol. The van der Waals surface area contributed by atoms with Crippen LogP contribution in [0.2, 0.25) is 0 Å². The zero-order chi connectivity index (χ0) is 12.3. The van der Waals surface area contributed by atoms with Crippen LogP contribution in [0.15, 0.2) is 6.20 Å². The van der Waals surface area contributed by atoms with E-state index in [2.05, 4.69) is 15.7 Å². The number of nitro groups is 1. The van der Waals surface area contributed by atoms with Gasteiger partial charge in [-0.3, -0.25) is 14.8 Å². The van der Waals surface area contributed by atoms with Gasteiger partial charge >= 0.3 is 5.69 Å². The highest BCUT2D eigenvalue weighted by atomic mass is 16.6. The summed E-state index contributed by atoms with van der Waals surface area (Å²) in [4.78, 5) is 10.3. The Morgan fingerprint density at radius 3 is 3.00 bits per heavy atom. The summed E-state index contributed by atoms with van der Waals surface area (Å²) in [6.45, 7) is 1.63. The van der Waals surface area contributed by atoms with Gasteiger partial charge in [-0.25, -0.2) is 0 Å². The van der Waals surface area contributed by atoms with Crippen molar-refractivity contribution in [1.82, 2.24) is 15.1 Å². The highest BCUT2D eigenvalue weighted by Gasteiger charge is 2.20. The van der Waals surface area contributed by atoms with E-state index in [4.69, 9.17) is 0 Å². The molecule has 1 heterocycles. The third-order valence-electron chi connectivity index (χ3n) is 2.66. The molecule has 7 nitrogen and oxygen atoms in total. The van der Waals surface area contributed by atoms with Crippen LogP contribution in [0.4, 0.5) is 11.5 Å². The molecule has 0 amide bonds. The number of nitrogens with zero attached hydrogens (tertiary/aromatic N) is 3. The molecule has 0 atom stereocenters. The van der Waals surface area contributed by atoms with Crippen molar-refractivity contribution < 1.29 is 4.92 Å². The van der Waals surface area contributed by atoms with Crippen LogP contribution in [0, 0.1) is 10.1 Å². The molecule has 94 valence electrons. The third-order valence-corrected chi connectivity index (χ3v) is 2.66. The molecule has 7 heteroatoms. The minimum atomic E-state index is -0.419. The van der Waals surface area contributed by atoms with Crippen molar-refractivity contribution in [3.63, 3.8) is 0 Å². The normalized spacial score (nSPS) is 14.9. The van der Waals surface area contributed by atoms with Gasteiger partial charge in [-0.15, -0.1) is 5.10 Å². The highest BCUT2D eigenvalue weighted by molar-refractivity contribution is 5.54. The fourth-order valence-corrected chi connectivity index (χ4v) is 1.62. The quantitative estimate of drug-likeness (QED) is 0.419. The molecule has 0 aromatic carbocycles. The topological polar surface area (TPSA) is 85.0 Å². The van der Waals surface area contributed by atoms with Crippen LogP contribution in [0.5, 0.6) is 0 Å². The van der Waals surface area contributed by atoms with Gasteiger partial charge < -0.3 is 10.6 Å². The second-order valence-electron chi connectivity index (χ2n) is 4.30. The van der Waals surface area contributed by atoms with Crippen molar-refractivity contribution in [3.05, 3.63) is 16.3 Å². The van der Waals surface area contributed by atoms with E-state index in [1.807, 2.05) is 0 Å². The van der Waals surface area contributed by atoms with Crippen LogP contribution < -0.4 is 10.6 Å². The third kappa shape index (κ3) is 3.42. The van der Waals surface area contributed by atoms with Crippen LogP contribution in [0.3, 0.4) is 0 Å². The molecule has 1 aromatic heterocycles. The zero-order valence-corrected chi connectivity index (χ0v) is 9.85. The average Bonchev–Trinajstić information content (AvgIpc) is 3.01. The number of anilines is 1. The SMILES string of the molecule is Cn1cc([N+](=O)[O-])c(NCCCNC2CC2)n1. The van der Waals surface area contributed by atoms with Crippen molar-refractivity contribution in [2.75, 3.05) is 18.4 Å². The minimum absolute atomic E-state index is 0.0302. The van der Waals surface area contributed by atoms with Gasteiger partial charge in [0.25, 0.3) is 0 Å². The first-order valence-corrected chi connectivity index (χ1v) is 5.82. The number of hydrogen-bond donors (Lipinski definition) is 2. The lowest BCUT2D eigenvalue weighted by Crippen LogP contribution is -2.20. The fraction of sp³-hybridized carbons (Fsp3) is 0.700. The number of aromatic nitrogens is 2. The van der Waals surface area contributed by atoms with Gasteiger partial charge in [-0.1, -0.05) is 0 Å². The van der Waals surface area contributed by atoms with Crippen molar-refractivity contribution in [2.45, 2.75) is 25.3 Å². The monoisotopic (exact) mass is 239 g/mol. The summed E-state index contributed by atoms with van der Waals surface area (Å²) in [7, 11) is 1.67. The fourth-order valence-electron chi connectivity index (χ4n) is 1.62. The van der Waals surface area contributed by atoms with E-state index in [0.717, 1.165) is 13.0 Å². The molecule has 0 spiro atoms. The Hall–Kier alpha value is -1.63. The highest BCUT2D eigenvalue weighted by Crippen LogP contribution is 2.21. The molecule has 1 aliphatic carbocycles. The van der Waals surface area contributed by atoms with E-state index in [0.29, 0.717) is 18.4 Å². The predicted octanol–water partition coefficient (Wildman–Crippen LogP) is 0.882. The molecule has 1 saturated carbocycles. The summed E-state index contributed by atoms with van der Waals surface area (Å²) < 4.78 is 1.45. The summed E-state index contributed by atoms with van der Waals surface area (Å²) in [5.41, 5.74) is 0.0302. The first kappa shape index (κ1) is 11.8. The molecular weight excluding hydrogens is 222 g/mol. The Labute approximate surface area is 99.3 Å². The van der Waals surface area contributed by atoms with Crippen LogP contribution in [0.1, 0.15) is 19.3 Å². The lowest BCUT2D eigenvalue weighted by atomic mass is 10.4. The molecule has 17 heavy (non-hydrogen) atoms. The maximum atomic E-state index is 10.7. The first-order valence-electron chi connectivity index (χ1n) is 5.82. The smallest absolute Gasteiger partial charge is 0.330 e. The van der Waals surface area contributed by atoms with Gasteiger partial charge in [-0.05, 0) is 25.8 Å². The van der Waals surface area contributed by atoms with E-state index in [-0.39, 0.29) is 5.69 Å². The summed E-state index contributed by atoms with van der Waals surface area (Å²) in [5.74, 6) is 0.351. The van der Waals surface area contributed by atoms with Crippen molar-refractivity contribution in [2.24, 2.45) is 7.05 Å². The Morgan fingerprint density at radius 2 is 2.35 bits per heavy atom. The van der Waals surface area contributed by atoms with Crippen molar-refractivity contribution in [1.29, 1.82) is 0 Å². The zero-order valence-electron chi connectivity index (χ0n) is 9.85. The summed E-state index contributed by atoms with van der Waals surface area (Å²) >= 11 is 0. The van der Waals surface area contributed by atoms with Crippen LogP contribution >= 0.6 is 0 Å². The molecule has 1 aromatic rings. The number of hydrogen-bond acceptors (Lipinski definition) is 5. The number of rotatable bonds is 7. The maximum absolute atomic E-state index is 10.7. The molecule has 0 aliphatic heterocycles. The standard InChI is InChI=1S/C10H17N5O2/c1-14-7-9(15(16)17)10(13-14)12-6-2-5-11-8-3-4-8/h7-8,11H,2-6H2,1H3,(H,12,13). The first-order chi connectivity index (χ1) is 8.16. The maximum Gasteiger partial charge on any atom is 0.330 e. The molecule has 2 N–H and O–H groups in total. The Morgan fingerprint density at radius 1 is 1.59 bits per heavy atom. The van der Waals surface area contributed by atoms with Gasteiger partial charge in [0.2, 0.25) is 5.82 Å². The lowest BCUT2D eigenvalue weighted by molar-refractivity contribution is -0.384. The van der Waals surface area contributed by atoms with Gasteiger partial charge in [-0.2, -0.15) is 0 Å². The van der Waals surface area contributed by atoms with Crippen molar-refractivity contribution in [3.8, 4) is 0 Å². The second-order valence-corrected chi connectivity index (χ2v) is 4.30. The molecule has 0 radical (unpaired) electrons. The summed E-state index contributed by atoms with van der Waals surface area (Å²) in [6.07, 6.45) is 4.90. The van der Waals surface area contributed by atoms with Crippen LogP contribution in [0.25, 0.3) is 0 Å². The van der Waals surface area contributed by atoms with Crippen LogP contribution in [-0.2, 0) is 7.05 Å². The van der Waals surface area contributed by atoms with Gasteiger partial charge in [0.1, 0.15) is 6.20 Å². The summed E-state index contributed by atoms with van der Waals surface area (Å²) in [5, 5.41) is 21.1. The van der Waals surface area contributed by atoms with Gasteiger partial charge in [0, 0.05) is 19.6 Å². The van der Waals surface area contributed by atoms with E-state index in [1.54, 1.807) is 7.05 Å². The Kier molecular flexibility index (Phi) is 3.58. The average molecular weight is 239 g/mol. The lowest BCUT2D eigenvalue weighted by Gasteiger charge is -2.03. The van der Waals surface area contributed by atoms with E-state index < -0.39 is 4.92 Å². The Balaban J connectivity index is 1.74. The minimum Gasteiger partial charge on any atom is -0.363 e. The summed E-state index contributed by atoms with van der Waals surface area (Å²) in [6, 6.07) is 0.708. The molecule has 2 rings (SSSR count).